The third-order valence-corrected chi connectivity index (χ3v) is 5.76. The second kappa shape index (κ2) is 11.2. The molecule has 0 saturated carbocycles. The number of ether oxygens (including phenoxy) is 1. The molecule has 8 nitrogen and oxygen atoms in total. The van der Waals surface area contributed by atoms with Gasteiger partial charge in [0.05, 0.1) is 18.7 Å². The third kappa shape index (κ3) is 6.07. The zero-order valence-corrected chi connectivity index (χ0v) is 20.7. The lowest BCUT2D eigenvalue weighted by Gasteiger charge is -2.34. The van der Waals surface area contributed by atoms with Crippen LogP contribution in [0.2, 0.25) is 0 Å². The minimum absolute atomic E-state index is 0.188. The van der Waals surface area contributed by atoms with Crippen molar-refractivity contribution in [2.75, 3.05) is 13.2 Å². The lowest BCUT2D eigenvalue weighted by atomic mass is 9.92. The van der Waals surface area contributed by atoms with Crippen LogP contribution in [0, 0.1) is 13.8 Å². The predicted octanol–water partition coefficient (Wildman–Crippen LogP) is 4.11. The van der Waals surface area contributed by atoms with Gasteiger partial charge in [-0.2, -0.15) is 0 Å². The number of aryl methyl sites for hydroxylation is 2. The van der Waals surface area contributed by atoms with Gasteiger partial charge in [0.2, 0.25) is 11.8 Å². The number of nitrogens with zero attached hydrogens (tertiary/aromatic N) is 2. The van der Waals surface area contributed by atoms with E-state index in [2.05, 4.69) is 10.5 Å². The van der Waals surface area contributed by atoms with E-state index >= 15 is 0 Å². The van der Waals surface area contributed by atoms with Crippen LogP contribution in [0.5, 0.6) is 0 Å². The number of aromatic nitrogens is 1. The van der Waals surface area contributed by atoms with E-state index in [1.54, 1.807) is 20.8 Å². The highest BCUT2D eigenvalue weighted by molar-refractivity contribution is 5.97. The molecule has 1 aromatic carbocycles. The zero-order valence-electron chi connectivity index (χ0n) is 20.7. The van der Waals surface area contributed by atoms with E-state index in [1.807, 2.05) is 45.0 Å². The smallest absolute Gasteiger partial charge is 0.326 e. The number of amides is 2. The number of esters is 1. The number of carbonyl (C=O) groups excluding carboxylic acids is 3. The molecular formula is C25H35N3O5. The first kappa shape index (κ1) is 26.3. The minimum atomic E-state index is -1.29. The van der Waals surface area contributed by atoms with E-state index in [-0.39, 0.29) is 31.5 Å². The Bertz CT molecular complexity index is 963. The molecular weight excluding hydrogens is 422 g/mol. The van der Waals surface area contributed by atoms with E-state index in [0.717, 1.165) is 33.0 Å². The van der Waals surface area contributed by atoms with Gasteiger partial charge >= 0.3 is 5.97 Å². The lowest BCUT2D eigenvalue weighted by Crippen LogP contribution is -2.55. The Labute approximate surface area is 195 Å². The van der Waals surface area contributed by atoms with Crippen molar-refractivity contribution in [3.05, 3.63) is 41.3 Å². The summed E-state index contributed by atoms with van der Waals surface area (Å²) in [5.41, 5.74) is 2.46. The molecule has 0 spiro atoms. The Balaban J connectivity index is 2.32. The predicted molar refractivity (Wildman–Crippen MR) is 125 cm³/mol. The number of hydrogen-bond donors (Lipinski definition) is 1. The Kier molecular flexibility index (Phi) is 8.93. The summed E-state index contributed by atoms with van der Waals surface area (Å²) in [6.45, 7) is 12.7. The van der Waals surface area contributed by atoms with Crippen molar-refractivity contribution in [1.29, 1.82) is 0 Å². The summed E-state index contributed by atoms with van der Waals surface area (Å²) in [5, 5.41) is 7.36. The Morgan fingerprint density at radius 1 is 1.15 bits per heavy atom. The highest BCUT2D eigenvalue weighted by Crippen LogP contribution is 2.30. The van der Waals surface area contributed by atoms with Crippen LogP contribution in [-0.4, -0.2) is 46.5 Å². The van der Waals surface area contributed by atoms with E-state index in [0.29, 0.717) is 6.42 Å². The van der Waals surface area contributed by atoms with E-state index in [1.165, 1.54) is 6.92 Å². The van der Waals surface area contributed by atoms with Crippen LogP contribution in [-0.2, 0) is 19.1 Å². The summed E-state index contributed by atoms with van der Waals surface area (Å²) in [6.07, 6.45) is 0.491. The average Bonchev–Trinajstić information content (AvgIpc) is 3.10. The Hall–Kier alpha value is -3.00. The molecule has 0 aliphatic carbocycles. The van der Waals surface area contributed by atoms with Crippen LogP contribution in [0.4, 0.5) is 0 Å². The molecule has 2 amide bonds. The van der Waals surface area contributed by atoms with Crippen molar-refractivity contribution in [3.8, 4) is 11.1 Å². The van der Waals surface area contributed by atoms with E-state index in [9.17, 15) is 14.4 Å². The van der Waals surface area contributed by atoms with Gasteiger partial charge in [0.25, 0.3) is 0 Å². The first-order valence-corrected chi connectivity index (χ1v) is 11.4. The molecule has 33 heavy (non-hydrogen) atoms. The normalized spacial score (nSPS) is 13.8. The van der Waals surface area contributed by atoms with Gasteiger partial charge in [0.1, 0.15) is 11.3 Å². The summed E-state index contributed by atoms with van der Waals surface area (Å²) in [6, 6.07) is 7.76. The number of benzene rings is 1. The Morgan fingerprint density at radius 2 is 1.79 bits per heavy atom. The van der Waals surface area contributed by atoms with Crippen molar-refractivity contribution in [1.82, 2.24) is 15.4 Å². The maximum Gasteiger partial charge on any atom is 0.326 e. The number of rotatable bonds is 10. The second-order valence-electron chi connectivity index (χ2n) is 8.31. The molecule has 0 unspecified atom stereocenters. The van der Waals surface area contributed by atoms with Crippen LogP contribution in [0.15, 0.2) is 28.8 Å². The maximum absolute atomic E-state index is 12.9. The maximum atomic E-state index is 12.9. The molecule has 1 N–H and O–H groups in total. The fraction of sp³-hybridized carbons (Fsp3) is 0.520. The lowest BCUT2D eigenvalue weighted by molar-refractivity contribution is -0.156. The van der Waals surface area contributed by atoms with Gasteiger partial charge in [-0.05, 0) is 52.2 Å². The van der Waals surface area contributed by atoms with Crippen molar-refractivity contribution >= 4 is 17.8 Å². The highest BCUT2D eigenvalue weighted by atomic mass is 16.5. The number of carbonyl (C=O) groups is 3. The third-order valence-electron chi connectivity index (χ3n) is 5.76. The van der Waals surface area contributed by atoms with Crippen LogP contribution in [0.25, 0.3) is 11.1 Å². The number of imide groups is 1. The summed E-state index contributed by atoms with van der Waals surface area (Å²) in [7, 11) is 0. The number of nitrogens with one attached hydrogen (secondary N) is 1. The van der Waals surface area contributed by atoms with Gasteiger partial charge < -0.3 is 9.26 Å². The standard InChI is InChI=1S/C25H35N3O5/c1-8-21(19-11-13-20(14-12-19)23-16(4)27-33-17(23)5)26-25(7,24(31)32-10-3)15-22(30)28(9-2)18(6)29/h11-14,21,26H,8-10,15H2,1-7H3/t21-,25+/m0/s1. The molecule has 2 atom stereocenters. The zero-order chi connectivity index (χ0) is 24.8. The molecule has 180 valence electrons. The highest BCUT2D eigenvalue weighted by Gasteiger charge is 2.40. The Morgan fingerprint density at radius 3 is 2.24 bits per heavy atom. The molecule has 0 saturated heterocycles. The van der Waals surface area contributed by atoms with E-state index in [4.69, 9.17) is 9.26 Å². The summed E-state index contributed by atoms with van der Waals surface area (Å²) >= 11 is 0. The summed E-state index contributed by atoms with van der Waals surface area (Å²) in [4.78, 5) is 38.7. The molecule has 0 bridgehead atoms. The number of hydrogen-bond acceptors (Lipinski definition) is 7. The fourth-order valence-electron chi connectivity index (χ4n) is 4.03. The van der Waals surface area contributed by atoms with Crippen LogP contribution >= 0.6 is 0 Å². The fourth-order valence-corrected chi connectivity index (χ4v) is 4.03. The molecule has 0 aliphatic heterocycles. The molecule has 1 heterocycles. The molecule has 2 aromatic rings. The molecule has 1 aromatic heterocycles. The second-order valence-corrected chi connectivity index (χ2v) is 8.31. The van der Waals surface area contributed by atoms with Gasteiger partial charge in [-0.25, -0.2) is 0 Å². The first-order chi connectivity index (χ1) is 15.6. The minimum Gasteiger partial charge on any atom is -0.465 e. The summed E-state index contributed by atoms with van der Waals surface area (Å²) < 4.78 is 10.6. The van der Waals surface area contributed by atoms with Gasteiger partial charge in [0.15, 0.2) is 0 Å². The van der Waals surface area contributed by atoms with Crippen LogP contribution in [0.1, 0.15) is 70.5 Å². The molecule has 0 aliphatic rings. The van der Waals surface area contributed by atoms with Gasteiger partial charge in [-0.1, -0.05) is 36.3 Å². The topological polar surface area (TPSA) is 102 Å². The monoisotopic (exact) mass is 457 g/mol. The van der Waals surface area contributed by atoms with Gasteiger partial charge in [-0.15, -0.1) is 0 Å². The molecule has 2 rings (SSSR count). The van der Waals surface area contributed by atoms with Crippen molar-refractivity contribution in [2.45, 2.75) is 72.9 Å². The van der Waals surface area contributed by atoms with Crippen LogP contribution < -0.4 is 5.32 Å². The molecule has 0 fully saturated rings. The van der Waals surface area contributed by atoms with Crippen LogP contribution in [0.3, 0.4) is 0 Å². The van der Waals surface area contributed by atoms with Crippen molar-refractivity contribution < 1.29 is 23.6 Å². The van der Waals surface area contributed by atoms with Crippen molar-refractivity contribution in [2.24, 2.45) is 0 Å². The van der Waals surface area contributed by atoms with E-state index < -0.39 is 17.4 Å². The van der Waals surface area contributed by atoms with Gasteiger partial charge in [-0.3, -0.25) is 24.6 Å². The van der Waals surface area contributed by atoms with Gasteiger partial charge in [0, 0.05) is 25.1 Å². The summed E-state index contributed by atoms with van der Waals surface area (Å²) in [5.74, 6) is -0.541. The first-order valence-electron chi connectivity index (χ1n) is 11.4. The largest absolute Gasteiger partial charge is 0.465 e. The quantitative estimate of drug-likeness (QED) is 0.536. The SMILES string of the molecule is CCOC(=O)[C@@](C)(CC(=O)N(CC)C(C)=O)N[C@@H](CC)c1ccc(-c2c(C)noc2C)cc1. The average molecular weight is 458 g/mol. The molecule has 0 radical (unpaired) electrons. The molecule has 8 heteroatoms. The van der Waals surface area contributed by atoms with Crippen molar-refractivity contribution in [3.63, 3.8) is 0 Å².